The number of para-hydroxylation sites is 2. The van der Waals surface area contributed by atoms with Gasteiger partial charge in [-0.15, -0.1) is 11.3 Å². The molecule has 3 N–H and O–H groups in total. The van der Waals surface area contributed by atoms with Crippen LogP contribution in [-0.4, -0.2) is 21.9 Å². The second-order valence-electron chi connectivity index (χ2n) is 3.26. The summed E-state index contributed by atoms with van der Waals surface area (Å²) >= 11 is 1.21. The predicted octanol–water partition coefficient (Wildman–Crippen LogP) is 1.43. The SMILES string of the molecule is O=C(Nc1nccs1)C(=O)Nc1ccccc1O. The van der Waals surface area contributed by atoms with Crippen LogP contribution in [0.2, 0.25) is 0 Å². The quantitative estimate of drug-likeness (QED) is 0.564. The fourth-order valence-corrected chi connectivity index (χ4v) is 1.72. The first-order valence-electron chi connectivity index (χ1n) is 4.96. The highest BCUT2D eigenvalue weighted by Crippen LogP contribution is 2.21. The summed E-state index contributed by atoms with van der Waals surface area (Å²) in [4.78, 5) is 26.8. The van der Waals surface area contributed by atoms with Crippen molar-refractivity contribution >= 4 is 34.0 Å². The van der Waals surface area contributed by atoms with E-state index in [1.165, 1.54) is 29.7 Å². The number of amides is 2. The van der Waals surface area contributed by atoms with Gasteiger partial charge in [0.25, 0.3) is 0 Å². The number of phenols is 1. The monoisotopic (exact) mass is 263 g/mol. The molecule has 0 saturated heterocycles. The van der Waals surface area contributed by atoms with Gasteiger partial charge in [-0.05, 0) is 12.1 Å². The molecule has 2 rings (SSSR count). The van der Waals surface area contributed by atoms with Gasteiger partial charge in [0.15, 0.2) is 5.13 Å². The Balaban J connectivity index is 2.00. The summed E-state index contributed by atoms with van der Waals surface area (Å²) in [7, 11) is 0. The molecular weight excluding hydrogens is 254 g/mol. The highest BCUT2D eigenvalue weighted by Gasteiger charge is 2.16. The first-order valence-corrected chi connectivity index (χ1v) is 5.84. The van der Waals surface area contributed by atoms with Gasteiger partial charge in [0, 0.05) is 11.6 Å². The Morgan fingerprint density at radius 1 is 1.17 bits per heavy atom. The minimum absolute atomic E-state index is 0.104. The van der Waals surface area contributed by atoms with Crippen LogP contribution >= 0.6 is 11.3 Å². The summed E-state index contributed by atoms with van der Waals surface area (Å²) in [5, 5.41) is 16.1. The van der Waals surface area contributed by atoms with Crippen LogP contribution in [0.3, 0.4) is 0 Å². The molecule has 0 unspecified atom stereocenters. The van der Waals surface area contributed by atoms with Crippen LogP contribution in [0.4, 0.5) is 10.8 Å². The second-order valence-corrected chi connectivity index (χ2v) is 4.16. The normalized spacial score (nSPS) is 9.78. The number of aromatic hydroxyl groups is 1. The third kappa shape index (κ3) is 2.83. The van der Waals surface area contributed by atoms with E-state index in [0.717, 1.165) is 0 Å². The molecule has 0 aliphatic heterocycles. The van der Waals surface area contributed by atoms with Crippen LogP contribution < -0.4 is 10.6 Å². The van der Waals surface area contributed by atoms with E-state index >= 15 is 0 Å². The number of anilines is 2. The fraction of sp³-hybridized carbons (Fsp3) is 0. The standard InChI is InChI=1S/C11H9N3O3S/c15-8-4-2-1-3-7(8)13-9(16)10(17)14-11-12-5-6-18-11/h1-6,15H,(H,13,16)(H,12,14,17). The first-order chi connectivity index (χ1) is 8.66. The minimum Gasteiger partial charge on any atom is -0.506 e. The van der Waals surface area contributed by atoms with Crippen LogP contribution in [0.15, 0.2) is 35.8 Å². The van der Waals surface area contributed by atoms with E-state index in [0.29, 0.717) is 5.13 Å². The summed E-state index contributed by atoms with van der Waals surface area (Å²) in [6.07, 6.45) is 1.52. The van der Waals surface area contributed by atoms with E-state index in [9.17, 15) is 14.7 Å². The van der Waals surface area contributed by atoms with Crippen LogP contribution in [0.5, 0.6) is 5.75 Å². The van der Waals surface area contributed by atoms with Gasteiger partial charge in [0.1, 0.15) is 5.75 Å². The number of nitrogens with one attached hydrogen (secondary N) is 2. The number of nitrogens with zero attached hydrogens (tertiary/aromatic N) is 1. The molecule has 0 aliphatic carbocycles. The molecule has 0 saturated carbocycles. The zero-order valence-electron chi connectivity index (χ0n) is 9.08. The zero-order valence-corrected chi connectivity index (χ0v) is 9.90. The molecule has 2 amide bonds. The number of aromatic nitrogens is 1. The fourth-order valence-electron chi connectivity index (χ4n) is 1.20. The van der Waals surface area contributed by atoms with Crippen molar-refractivity contribution in [2.24, 2.45) is 0 Å². The number of rotatable bonds is 2. The highest BCUT2D eigenvalue weighted by molar-refractivity contribution is 7.13. The summed E-state index contributed by atoms with van der Waals surface area (Å²) in [6, 6.07) is 6.15. The molecule has 6 nitrogen and oxygen atoms in total. The molecule has 0 bridgehead atoms. The maximum absolute atomic E-state index is 11.5. The van der Waals surface area contributed by atoms with E-state index in [4.69, 9.17) is 0 Å². The van der Waals surface area contributed by atoms with Crippen molar-refractivity contribution in [1.29, 1.82) is 0 Å². The molecule has 0 spiro atoms. The van der Waals surface area contributed by atoms with E-state index < -0.39 is 11.8 Å². The van der Waals surface area contributed by atoms with Crippen molar-refractivity contribution in [1.82, 2.24) is 4.98 Å². The molecule has 7 heteroatoms. The van der Waals surface area contributed by atoms with Crippen LogP contribution in [-0.2, 0) is 9.59 Å². The number of phenolic OH excluding ortho intramolecular Hbond substituents is 1. The number of hydrogen-bond donors (Lipinski definition) is 3. The number of hydrogen-bond acceptors (Lipinski definition) is 5. The topological polar surface area (TPSA) is 91.3 Å². The van der Waals surface area contributed by atoms with Gasteiger partial charge in [0.05, 0.1) is 5.69 Å². The van der Waals surface area contributed by atoms with Crippen molar-refractivity contribution in [2.45, 2.75) is 0 Å². The summed E-state index contributed by atoms with van der Waals surface area (Å²) < 4.78 is 0. The average molecular weight is 263 g/mol. The molecule has 1 heterocycles. The predicted molar refractivity (Wildman–Crippen MR) is 67.5 cm³/mol. The van der Waals surface area contributed by atoms with Crippen molar-refractivity contribution < 1.29 is 14.7 Å². The van der Waals surface area contributed by atoms with E-state index in [2.05, 4.69) is 15.6 Å². The summed E-state index contributed by atoms with van der Waals surface area (Å²) in [6.45, 7) is 0. The van der Waals surface area contributed by atoms with Gasteiger partial charge in [-0.25, -0.2) is 4.98 Å². The van der Waals surface area contributed by atoms with Crippen molar-refractivity contribution in [3.8, 4) is 5.75 Å². The number of carbonyl (C=O) groups excluding carboxylic acids is 2. The average Bonchev–Trinajstić information content (AvgIpc) is 2.84. The summed E-state index contributed by atoms with van der Waals surface area (Å²) in [5.41, 5.74) is 0.178. The molecular formula is C11H9N3O3S. The Labute approximate surface area is 106 Å². The Morgan fingerprint density at radius 2 is 1.89 bits per heavy atom. The van der Waals surface area contributed by atoms with Gasteiger partial charge in [-0.1, -0.05) is 12.1 Å². The lowest BCUT2D eigenvalue weighted by atomic mass is 10.3. The molecule has 0 atom stereocenters. The van der Waals surface area contributed by atoms with Crippen molar-refractivity contribution in [2.75, 3.05) is 10.6 Å². The Hall–Kier alpha value is -2.41. The molecule has 92 valence electrons. The lowest BCUT2D eigenvalue weighted by Crippen LogP contribution is -2.29. The van der Waals surface area contributed by atoms with Crippen molar-refractivity contribution in [3.05, 3.63) is 35.8 Å². The molecule has 0 aliphatic rings. The molecule has 1 aromatic carbocycles. The highest BCUT2D eigenvalue weighted by atomic mass is 32.1. The largest absolute Gasteiger partial charge is 0.506 e. The molecule has 0 radical (unpaired) electrons. The van der Waals surface area contributed by atoms with Gasteiger partial charge < -0.3 is 10.4 Å². The third-order valence-corrected chi connectivity index (χ3v) is 2.70. The number of benzene rings is 1. The number of carbonyl (C=O) groups is 2. The van der Waals surface area contributed by atoms with Crippen molar-refractivity contribution in [3.63, 3.8) is 0 Å². The maximum Gasteiger partial charge on any atom is 0.315 e. The lowest BCUT2D eigenvalue weighted by molar-refractivity contribution is -0.133. The Kier molecular flexibility index (Phi) is 3.54. The molecule has 0 fully saturated rings. The Bertz CT molecular complexity index is 569. The Morgan fingerprint density at radius 3 is 2.56 bits per heavy atom. The summed E-state index contributed by atoms with van der Waals surface area (Å²) in [5.74, 6) is -1.81. The van der Waals surface area contributed by atoms with Gasteiger partial charge in [0.2, 0.25) is 0 Å². The minimum atomic E-state index is -0.869. The van der Waals surface area contributed by atoms with E-state index in [-0.39, 0.29) is 11.4 Å². The van der Waals surface area contributed by atoms with Crippen LogP contribution in [0.25, 0.3) is 0 Å². The number of thiazole rings is 1. The van der Waals surface area contributed by atoms with Crippen LogP contribution in [0.1, 0.15) is 0 Å². The van der Waals surface area contributed by atoms with E-state index in [1.54, 1.807) is 17.5 Å². The van der Waals surface area contributed by atoms with Gasteiger partial charge in [-0.2, -0.15) is 0 Å². The molecule has 1 aromatic heterocycles. The first kappa shape index (κ1) is 12.1. The maximum atomic E-state index is 11.5. The second kappa shape index (κ2) is 5.28. The molecule has 2 aromatic rings. The zero-order chi connectivity index (χ0) is 13.0. The third-order valence-electron chi connectivity index (χ3n) is 2.01. The van der Waals surface area contributed by atoms with Crippen LogP contribution in [0, 0.1) is 0 Å². The molecule has 18 heavy (non-hydrogen) atoms. The van der Waals surface area contributed by atoms with Gasteiger partial charge >= 0.3 is 11.8 Å². The lowest BCUT2D eigenvalue weighted by Gasteiger charge is -2.06. The van der Waals surface area contributed by atoms with E-state index in [1.807, 2.05) is 0 Å². The van der Waals surface area contributed by atoms with Gasteiger partial charge in [-0.3, -0.25) is 14.9 Å². The smallest absolute Gasteiger partial charge is 0.315 e.